The summed E-state index contributed by atoms with van der Waals surface area (Å²) >= 11 is 6.31. The topological polar surface area (TPSA) is 0 Å². The Bertz CT molecular complexity index is 280. The van der Waals surface area contributed by atoms with Gasteiger partial charge in [0, 0.05) is 0 Å². The molecule has 0 aliphatic heterocycles. The van der Waals surface area contributed by atoms with Crippen molar-refractivity contribution in [2.75, 3.05) is 0 Å². The highest BCUT2D eigenvalue weighted by molar-refractivity contribution is 6.21. The molecule has 0 fully saturated rings. The molecule has 1 aliphatic carbocycles. The predicted octanol–water partition coefficient (Wildman–Crippen LogP) is 3.55. The Balaban J connectivity index is 2.35. The molecule has 1 aromatic rings. The van der Waals surface area contributed by atoms with Crippen molar-refractivity contribution < 1.29 is 0 Å². The van der Waals surface area contributed by atoms with Gasteiger partial charge in [-0.1, -0.05) is 37.6 Å². The summed E-state index contributed by atoms with van der Waals surface area (Å²) < 4.78 is 0. The number of halogens is 1. The van der Waals surface area contributed by atoms with Crippen molar-refractivity contribution in [2.45, 2.75) is 25.1 Å². The summed E-state index contributed by atoms with van der Waals surface area (Å²) in [5.74, 6) is 0.657. The van der Waals surface area contributed by atoms with E-state index in [-0.39, 0.29) is 5.38 Å². The minimum atomic E-state index is 0.256. The molecule has 2 atom stereocenters. The van der Waals surface area contributed by atoms with E-state index in [0.717, 1.165) is 0 Å². The molecule has 64 valence electrons. The van der Waals surface area contributed by atoms with E-state index < -0.39 is 0 Å². The monoisotopic (exact) mass is 180 g/mol. The number of rotatable bonds is 1. The molecule has 0 radical (unpaired) electrons. The first-order chi connectivity index (χ1) is 5.83. The number of benzene rings is 1. The number of hydrogen-bond acceptors (Lipinski definition) is 0. The third-order valence-corrected chi connectivity index (χ3v) is 3.36. The first-order valence-electron chi connectivity index (χ1n) is 4.54. The van der Waals surface area contributed by atoms with Crippen LogP contribution in [0.15, 0.2) is 24.3 Å². The third-order valence-electron chi connectivity index (χ3n) is 2.77. The molecule has 2 unspecified atom stereocenters. The molecular weight excluding hydrogens is 168 g/mol. The van der Waals surface area contributed by atoms with E-state index in [1.807, 2.05) is 0 Å². The fourth-order valence-electron chi connectivity index (χ4n) is 1.98. The van der Waals surface area contributed by atoms with Crippen molar-refractivity contribution in [3.05, 3.63) is 35.4 Å². The molecule has 0 heterocycles. The van der Waals surface area contributed by atoms with E-state index in [2.05, 4.69) is 31.2 Å². The maximum absolute atomic E-state index is 6.31. The summed E-state index contributed by atoms with van der Waals surface area (Å²) in [6.45, 7) is 2.21. The van der Waals surface area contributed by atoms with Crippen molar-refractivity contribution in [1.29, 1.82) is 0 Å². The van der Waals surface area contributed by atoms with Crippen molar-refractivity contribution in [3.63, 3.8) is 0 Å². The number of hydrogen-bond donors (Lipinski definition) is 0. The highest BCUT2D eigenvalue weighted by Gasteiger charge is 2.28. The molecule has 0 nitrogen and oxygen atoms in total. The zero-order valence-corrected chi connectivity index (χ0v) is 8.01. The summed E-state index contributed by atoms with van der Waals surface area (Å²) in [4.78, 5) is 0. The van der Waals surface area contributed by atoms with Gasteiger partial charge in [0.1, 0.15) is 0 Å². The Morgan fingerprint density at radius 2 is 2.17 bits per heavy atom. The van der Waals surface area contributed by atoms with Crippen LogP contribution in [0, 0.1) is 5.92 Å². The lowest BCUT2D eigenvalue weighted by Gasteiger charge is -2.09. The van der Waals surface area contributed by atoms with Gasteiger partial charge in [0.05, 0.1) is 5.38 Å². The average Bonchev–Trinajstić information content (AvgIpc) is 2.44. The molecule has 0 saturated carbocycles. The second kappa shape index (κ2) is 3.10. The lowest BCUT2D eigenvalue weighted by molar-refractivity contribution is 0.528. The molecule has 1 heteroatoms. The normalized spacial score (nSPS) is 27.2. The van der Waals surface area contributed by atoms with Crippen LogP contribution in [-0.2, 0) is 6.42 Å². The Morgan fingerprint density at radius 1 is 1.42 bits per heavy atom. The zero-order valence-electron chi connectivity index (χ0n) is 7.26. The fraction of sp³-hybridized carbons (Fsp3) is 0.455. The highest BCUT2D eigenvalue weighted by atomic mass is 35.5. The van der Waals surface area contributed by atoms with Crippen LogP contribution in [0.3, 0.4) is 0 Å². The van der Waals surface area contributed by atoms with E-state index in [1.54, 1.807) is 0 Å². The highest BCUT2D eigenvalue weighted by Crippen LogP contribution is 2.41. The molecule has 0 aromatic heterocycles. The molecule has 0 bridgehead atoms. The Kier molecular flexibility index (Phi) is 2.10. The molecule has 1 aromatic carbocycles. The molecule has 12 heavy (non-hydrogen) atoms. The van der Waals surface area contributed by atoms with Gasteiger partial charge in [-0.05, 0) is 23.5 Å². The summed E-state index contributed by atoms with van der Waals surface area (Å²) in [6, 6.07) is 8.52. The van der Waals surface area contributed by atoms with Gasteiger partial charge in [-0.15, -0.1) is 11.6 Å². The van der Waals surface area contributed by atoms with Gasteiger partial charge in [0.2, 0.25) is 0 Å². The molecule has 0 N–H and O–H groups in total. The smallest absolute Gasteiger partial charge is 0.0619 e. The van der Waals surface area contributed by atoms with Crippen LogP contribution in [-0.4, -0.2) is 0 Å². The molecule has 2 rings (SSSR count). The quantitative estimate of drug-likeness (QED) is 0.580. The first kappa shape index (κ1) is 8.12. The van der Waals surface area contributed by atoms with Gasteiger partial charge in [0.15, 0.2) is 0 Å². The largest absolute Gasteiger partial charge is 0.117 e. The molecule has 0 amide bonds. The number of fused-ring (bicyclic) bond motifs is 1. The second-order valence-electron chi connectivity index (χ2n) is 3.47. The van der Waals surface area contributed by atoms with Crippen molar-refractivity contribution >= 4 is 11.6 Å². The van der Waals surface area contributed by atoms with E-state index in [4.69, 9.17) is 11.6 Å². The van der Waals surface area contributed by atoms with Gasteiger partial charge in [-0.3, -0.25) is 0 Å². The van der Waals surface area contributed by atoms with Crippen molar-refractivity contribution in [1.82, 2.24) is 0 Å². The van der Waals surface area contributed by atoms with Gasteiger partial charge < -0.3 is 0 Å². The van der Waals surface area contributed by atoms with Gasteiger partial charge in [-0.2, -0.15) is 0 Å². The van der Waals surface area contributed by atoms with Crippen molar-refractivity contribution in [2.24, 2.45) is 5.92 Å². The van der Waals surface area contributed by atoms with Crippen LogP contribution in [0.2, 0.25) is 0 Å². The van der Waals surface area contributed by atoms with Gasteiger partial charge in [0.25, 0.3) is 0 Å². The Morgan fingerprint density at radius 3 is 2.83 bits per heavy atom. The van der Waals surface area contributed by atoms with Crippen LogP contribution < -0.4 is 0 Å². The van der Waals surface area contributed by atoms with Gasteiger partial charge in [-0.25, -0.2) is 0 Å². The van der Waals surface area contributed by atoms with Gasteiger partial charge >= 0.3 is 0 Å². The molecular formula is C11H13Cl. The molecule has 1 aliphatic rings. The lowest BCUT2D eigenvalue weighted by atomic mass is 10.0. The van der Waals surface area contributed by atoms with Crippen molar-refractivity contribution in [3.8, 4) is 0 Å². The lowest BCUT2D eigenvalue weighted by Crippen LogP contribution is -1.99. The summed E-state index contributed by atoms with van der Waals surface area (Å²) in [5.41, 5.74) is 2.80. The molecule has 0 saturated heterocycles. The van der Waals surface area contributed by atoms with E-state index in [1.165, 1.54) is 24.0 Å². The summed E-state index contributed by atoms with van der Waals surface area (Å²) in [6.07, 6.45) is 2.35. The average molecular weight is 181 g/mol. The van der Waals surface area contributed by atoms with E-state index in [0.29, 0.717) is 5.92 Å². The Hall–Kier alpha value is -0.490. The maximum Gasteiger partial charge on any atom is 0.0619 e. The van der Waals surface area contributed by atoms with Crippen LogP contribution in [0.5, 0.6) is 0 Å². The predicted molar refractivity (Wildman–Crippen MR) is 52.5 cm³/mol. The van der Waals surface area contributed by atoms with Crippen LogP contribution in [0.25, 0.3) is 0 Å². The standard InChI is InChI=1S/C11H13Cl/c1-2-8-7-9-5-3-4-6-10(9)11(8)12/h3-6,8,11H,2,7H2,1H3. The van der Waals surface area contributed by atoms with E-state index in [9.17, 15) is 0 Å². The third kappa shape index (κ3) is 1.15. The minimum Gasteiger partial charge on any atom is -0.117 e. The SMILES string of the molecule is CCC1Cc2ccccc2C1Cl. The van der Waals surface area contributed by atoms with Crippen LogP contribution in [0.4, 0.5) is 0 Å². The maximum atomic E-state index is 6.31. The van der Waals surface area contributed by atoms with Crippen LogP contribution >= 0.6 is 11.6 Å². The molecule has 0 spiro atoms. The van der Waals surface area contributed by atoms with Crippen LogP contribution in [0.1, 0.15) is 29.8 Å². The zero-order chi connectivity index (χ0) is 8.55. The second-order valence-corrected chi connectivity index (χ2v) is 3.94. The van der Waals surface area contributed by atoms with E-state index >= 15 is 0 Å². The first-order valence-corrected chi connectivity index (χ1v) is 4.98. The fourth-order valence-corrected chi connectivity index (χ4v) is 2.46. The Labute approximate surface area is 78.6 Å². The minimum absolute atomic E-state index is 0.256. The summed E-state index contributed by atoms with van der Waals surface area (Å²) in [7, 11) is 0. The summed E-state index contributed by atoms with van der Waals surface area (Å²) in [5, 5.41) is 0.256. The number of alkyl halides is 1.